The van der Waals surface area contributed by atoms with Crippen molar-refractivity contribution in [3.05, 3.63) is 104 Å². The zero-order valence-corrected chi connectivity index (χ0v) is 24.4. The van der Waals surface area contributed by atoms with Crippen LogP contribution in [-0.2, 0) is 28.3 Å². The Balaban J connectivity index is 1.89. The quantitative estimate of drug-likeness (QED) is 0.246. The van der Waals surface area contributed by atoms with E-state index in [1.807, 2.05) is 50.2 Å². The Kier molecular flexibility index (Phi) is 11.5. The number of carbonyl (C=O) groups is 2. The van der Waals surface area contributed by atoms with Crippen LogP contribution < -0.4 is 5.32 Å². The highest BCUT2D eigenvalue weighted by molar-refractivity contribution is 7.99. The molecule has 2 amide bonds. The molecular formula is C28H28Cl4N2O2S. The average Bonchev–Trinajstić information content (AvgIpc) is 2.85. The summed E-state index contributed by atoms with van der Waals surface area (Å²) in [7, 11) is 0. The van der Waals surface area contributed by atoms with Crippen molar-refractivity contribution < 1.29 is 9.59 Å². The van der Waals surface area contributed by atoms with Gasteiger partial charge in [0.1, 0.15) is 6.04 Å². The van der Waals surface area contributed by atoms with Crippen molar-refractivity contribution in [2.24, 2.45) is 0 Å². The van der Waals surface area contributed by atoms with Gasteiger partial charge in [-0.25, -0.2) is 0 Å². The van der Waals surface area contributed by atoms with Crippen molar-refractivity contribution in [3.8, 4) is 0 Å². The molecule has 0 aliphatic heterocycles. The van der Waals surface area contributed by atoms with Gasteiger partial charge in [-0.3, -0.25) is 9.59 Å². The Bertz CT molecular complexity index is 1200. The molecule has 0 saturated heterocycles. The first kappa shape index (κ1) is 29.7. The smallest absolute Gasteiger partial charge is 0.243 e. The SMILES string of the molecule is CC(C)NC(=O)C(Cc1ccccc1)N(Cc1ccc(Cl)c(Cl)c1)C(=O)CSCc1c(Cl)cccc1Cl. The zero-order chi connectivity index (χ0) is 26.9. The van der Waals surface area contributed by atoms with Gasteiger partial charge in [0.05, 0.1) is 15.8 Å². The van der Waals surface area contributed by atoms with Gasteiger partial charge in [-0.05, 0) is 54.8 Å². The summed E-state index contributed by atoms with van der Waals surface area (Å²) >= 11 is 26.4. The molecule has 0 aliphatic carbocycles. The first-order chi connectivity index (χ1) is 17.7. The molecule has 3 aromatic rings. The zero-order valence-electron chi connectivity index (χ0n) is 20.5. The van der Waals surface area contributed by atoms with E-state index in [2.05, 4.69) is 5.32 Å². The van der Waals surface area contributed by atoms with Gasteiger partial charge in [-0.15, -0.1) is 11.8 Å². The molecule has 0 fully saturated rings. The Morgan fingerprint density at radius 2 is 1.51 bits per heavy atom. The fraction of sp³-hybridized carbons (Fsp3) is 0.286. The topological polar surface area (TPSA) is 49.4 Å². The molecule has 3 aromatic carbocycles. The second-order valence-corrected chi connectivity index (χ2v) is 11.4. The van der Waals surface area contributed by atoms with Crippen molar-refractivity contribution in [1.29, 1.82) is 0 Å². The highest BCUT2D eigenvalue weighted by atomic mass is 35.5. The second-order valence-electron chi connectivity index (χ2n) is 8.83. The monoisotopic (exact) mass is 596 g/mol. The van der Waals surface area contributed by atoms with Crippen molar-refractivity contribution in [2.45, 2.75) is 44.6 Å². The van der Waals surface area contributed by atoms with E-state index in [1.54, 1.807) is 35.2 Å². The Morgan fingerprint density at radius 3 is 2.14 bits per heavy atom. The molecule has 3 rings (SSSR count). The lowest BCUT2D eigenvalue weighted by Crippen LogP contribution is -2.52. The summed E-state index contributed by atoms with van der Waals surface area (Å²) in [6.07, 6.45) is 0.369. The molecule has 0 aromatic heterocycles. The van der Waals surface area contributed by atoms with Crippen LogP contribution in [0.3, 0.4) is 0 Å². The Hall–Kier alpha value is -1.89. The first-order valence-electron chi connectivity index (χ1n) is 11.7. The van der Waals surface area contributed by atoms with Crippen LogP contribution in [0.15, 0.2) is 66.7 Å². The number of amides is 2. The molecule has 9 heteroatoms. The van der Waals surface area contributed by atoms with Crippen LogP contribution in [-0.4, -0.2) is 34.6 Å². The molecular weight excluding hydrogens is 570 g/mol. The summed E-state index contributed by atoms with van der Waals surface area (Å²) in [6, 6.07) is 19.4. The van der Waals surface area contributed by atoms with Crippen LogP contribution >= 0.6 is 58.2 Å². The third-order valence-electron chi connectivity index (χ3n) is 5.57. The minimum Gasteiger partial charge on any atom is -0.352 e. The molecule has 0 heterocycles. The maximum absolute atomic E-state index is 13.7. The molecule has 196 valence electrons. The summed E-state index contributed by atoms with van der Waals surface area (Å²) < 4.78 is 0. The lowest BCUT2D eigenvalue weighted by atomic mass is 10.0. The Morgan fingerprint density at radius 1 is 0.838 bits per heavy atom. The van der Waals surface area contributed by atoms with E-state index < -0.39 is 6.04 Å². The predicted molar refractivity (Wildman–Crippen MR) is 157 cm³/mol. The van der Waals surface area contributed by atoms with Crippen LogP contribution in [0.5, 0.6) is 0 Å². The third kappa shape index (κ3) is 8.83. The van der Waals surface area contributed by atoms with Crippen LogP contribution in [0, 0.1) is 0 Å². The van der Waals surface area contributed by atoms with E-state index >= 15 is 0 Å². The standard InChI is InChI=1S/C28H28Cl4N2O2S/c1-18(2)33-28(36)26(14-19-7-4-3-5-8-19)34(15-20-11-12-24(31)25(32)13-20)27(35)17-37-16-21-22(29)9-6-10-23(21)30/h3-13,18,26H,14-17H2,1-2H3,(H,33,36). The van der Waals surface area contributed by atoms with Crippen LogP contribution in [0.4, 0.5) is 0 Å². The molecule has 0 bridgehead atoms. The molecule has 37 heavy (non-hydrogen) atoms. The Labute approximate surface area is 242 Å². The maximum atomic E-state index is 13.7. The fourth-order valence-electron chi connectivity index (χ4n) is 3.76. The van der Waals surface area contributed by atoms with Gasteiger partial charge in [0.15, 0.2) is 0 Å². The van der Waals surface area contributed by atoms with Crippen molar-refractivity contribution in [2.75, 3.05) is 5.75 Å². The maximum Gasteiger partial charge on any atom is 0.243 e. The van der Waals surface area contributed by atoms with Gasteiger partial charge in [-0.1, -0.05) is 88.9 Å². The van der Waals surface area contributed by atoms with Gasteiger partial charge in [0.2, 0.25) is 11.8 Å². The minimum atomic E-state index is -0.726. The number of hydrogen-bond donors (Lipinski definition) is 1. The summed E-state index contributed by atoms with van der Waals surface area (Å²) in [5, 5.41) is 4.90. The van der Waals surface area contributed by atoms with Crippen LogP contribution in [0.2, 0.25) is 20.1 Å². The lowest BCUT2D eigenvalue weighted by molar-refractivity contribution is -0.139. The van der Waals surface area contributed by atoms with Crippen molar-refractivity contribution >= 4 is 70.0 Å². The third-order valence-corrected chi connectivity index (χ3v) is 7.96. The number of hydrogen-bond acceptors (Lipinski definition) is 3. The summed E-state index contributed by atoms with van der Waals surface area (Å²) in [5.41, 5.74) is 2.50. The number of carbonyl (C=O) groups excluding carboxylic acids is 2. The molecule has 1 N–H and O–H groups in total. The van der Waals surface area contributed by atoms with Gasteiger partial charge in [0.25, 0.3) is 0 Å². The van der Waals surface area contributed by atoms with E-state index in [0.717, 1.165) is 16.7 Å². The number of rotatable bonds is 11. The molecule has 0 aliphatic rings. The molecule has 1 atom stereocenters. The molecule has 1 unspecified atom stereocenters. The van der Waals surface area contributed by atoms with Crippen LogP contribution in [0.1, 0.15) is 30.5 Å². The van der Waals surface area contributed by atoms with Gasteiger partial charge >= 0.3 is 0 Å². The van der Waals surface area contributed by atoms with Crippen molar-refractivity contribution in [3.63, 3.8) is 0 Å². The largest absolute Gasteiger partial charge is 0.352 e. The number of nitrogens with zero attached hydrogens (tertiary/aromatic N) is 1. The minimum absolute atomic E-state index is 0.0792. The van der Waals surface area contributed by atoms with Gasteiger partial charge in [-0.2, -0.15) is 0 Å². The normalized spacial score (nSPS) is 11.9. The number of nitrogens with one attached hydrogen (secondary N) is 1. The highest BCUT2D eigenvalue weighted by Gasteiger charge is 2.30. The summed E-state index contributed by atoms with van der Waals surface area (Å²) in [6.45, 7) is 3.99. The first-order valence-corrected chi connectivity index (χ1v) is 14.4. The van der Waals surface area contributed by atoms with E-state index in [9.17, 15) is 9.59 Å². The van der Waals surface area contributed by atoms with E-state index in [4.69, 9.17) is 46.4 Å². The van der Waals surface area contributed by atoms with Gasteiger partial charge < -0.3 is 10.2 Å². The highest BCUT2D eigenvalue weighted by Crippen LogP contribution is 2.29. The molecule has 4 nitrogen and oxygen atoms in total. The molecule has 0 spiro atoms. The number of thioether (sulfide) groups is 1. The summed E-state index contributed by atoms with van der Waals surface area (Å²) in [4.78, 5) is 28.7. The predicted octanol–water partition coefficient (Wildman–Crippen LogP) is 7.70. The molecule has 0 radical (unpaired) electrons. The van der Waals surface area contributed by atoms with Gasteiger partial charge in [0, 0.05) is 34.8 Å². The summed E-state index contributed by atoms with van der Waals surface area (Å²) in [5.74, 6) is 0.209. The lowest BCUT2D eigenvalue weighted by Gasteiger charge is -2.32. The van der Waals surface area contributed by atoms with E-state index in [0.29, 0.717) is 32.3 Å². The van der Waals surface area contributed by atoms with E-state index in [1.165, 1.54) is 11.8 Å². The van der Waals surface area contributed by atoms with E-state index in [-0.39, 0.29) is 30.2 Å². The number of halogens is 4. The van der Waals surface area contributed by atoms with Crippen LogP contribution in [0.25, 0.3) is 0 Å². The average molecular weight is 598 g/mol. The fourth-order valence-corrected chi connectivity index (χ4v) is 5.73. The number of benzene rings is 3. The van der Waals surface area contributed by atoms with Crippen molar-refractivity contribution in [1.82, 2.24) is 10.2 Å². The second kappa shape index (κ2) is 14.3. The molecule has 0 saturated carbocycles.